The normalized spacial score (nSPS) is 20.1. The minimum atomic E-state index is 0.227. The molecule has 1 aromatic rings. The Labute approximate surface area is 123 Å². The maximum atomic E-state index is 5.98. The highest BCUT2D eigenvalue weighted by Gasteiger charge is 2.27. The van der Waals surface area contributed by atoms with Gasteiger partial charge in [-0.3, -0.25) is 9.80 Å². The Morgan fingerprint density at radius 3 is 2.26 bits per heavy atom. The zero-order valence-corrected chi connectivity index (χ0v) is 13.6. The second-order valence-electron chi connectivity index (χ2n) is 5.44. The number of H-pyrrole nitrogens is 1. The largest absolute Gasteiger partial charge is 0.344 e. The van der Waals surface area contributed by atoms with Crippen molar-refractivity contribution in [2.45, 2.75) is 32.9 Å². The number of nitrogens with one attached hydrogen (secondary N) is 1. The van der Waals surface area contributed by atoms with Gasteiger partial charge in [-0.05, 0) is 36.7 Å². The second kappa shape index (κ2) is 6.35. The maximum absolute atomic E-state index is 5.98. The molecule has 1 aliphatic rings. The molecule has 0 aromatic carbocycles. The lowest BCUT2D eigenvalue weighted by Crippen LogP contribution is -2.51. The predicted molar refractivity (Wildman–Crippen MR) is 81.1 cm³/mol. The van der Waals surface area contributed by atoms with Gasteiger partial charge in [-0.1, -0.05) is 0 Å². The van der Waals surface area contributed by atoms with Crippen LogP contribution in [0.5, 0.6) is 0 Å². The number of piperazine rings is 1. The Morgan fingerprint density at radius 1 is 1.26 bits per heavy atom. The Balaban J connectivity index is 2.06. The van der Waals surface area contributed by atoms with Crippen LogP contribution in [-0.2, 0) is 0 Å². The van der Waals surface area contributed by atoms with Crippen LogP contribution in [0, 0.1) is 6.92 Å². The topological polar surface area (TPSA) is 61.2 Å². The van der Waals surface area contributed by atoms with E-state index in [0.29, 0.717) is 12.6 Å². The van der Waals surface area contributed by atoms with Crippen molar-refractivity contribution in [2.75, 3.05) is 32.7 Å². The summed E-state index contributed by atoms with van der Waals surface area (Å²) in [6.45, 7) is 11.4. The van der Waals surface area contributed by atoms with Crippen LogP contribution in [-0.4, -0.2) is 58.5 Å². The second-order valence-corrected chi connectivity index (χ2v) is 6.20. The summed E-state index contributed by atoms with van der Waals surface area (Å²) in [5, 5.41) is 0. The fourth-order valence-corrected chi connectivity index (χ4v) is 3.35. The molecule has 1 unspecified atom stereocenters. The molecule has 0 spiro atoms. The van der Waals surface area contributed by atoms with Gasteiger partial charge < -0.3 is 10.7 Å². The third-order valence-electron chi connectivity index (χ3n) is 3.88. The van der Waals surface area contributed by atoms with Crippen LogP contribution in [0.15, 0.2) is 4.60 Å². The van der Waals surface area contributed by atoms with Gasteiger partial charge in [0, 0.05) is 38.8 Å². The van der Waals surface area contributed by atoms with Gasteiger partial charge in [-0.25, -0.2) is 4.98 Å². The first-order valence-electron chi connectivity index (χ1n) is 6.93. The van der Waals surface area contributed by atoms with E-state index in [9.17, 15) is 0 Å². The molecule has 1 fully saturated rings. The molecule has 108 valence electrons. The van der Waals surface area contributed by atoms with Crippen molar-refractivity contribution in [3.8, 4) is 0 Å². The van der Waals surface area contributed by atoms with E-state index in [2.05, 4.69) is 49.5 Å². The Morgan fingerprint density at radius 2 is 1.84 bits per heavy atom. The molecule has 1 saturated heterocycles. The monoisotopic (exact) mass is 329 g/mol. The van der Waals surface area contributed by atoms with Crippen LogP contribution in [0.4, 0.5) is 0 Å². The minimum absolute atomic E-state index is 0.227. The quantitative estimate of drug-likeness (QED) is 0.878. The van der Waals surface area contributed by atoms with Crippen LogP contribution >= 0.6 is 15.9 Å². The molecular formula is C13H24BrN5. The standard InChI is InChI=1S/C13H24BrN5/c1-9(2)18-4-6-19(7-5-18)11(8-15)12-13(14)17-10(3)16-12/h9,11H,4-8,15H2,1-3H3,(H,16,17). The van der Waals surface area contributed by atoms with Crippen molar-refractivity contribution in [2.24, 2.45) is 5.73 Å². The smallest absolute Gasteiger partial charge is 0.129 e. The third kappa shape index (κ3) is 3.37. The zero-order valence-electron chi connectivity index (χ0n) is 12.0. The predicted octanol–water partition coefficient (Wildman–Crippen LogP) is 1.51. The SMILES string of the molecule is Cc1nc(Br)c(C(CN)N2CCN(C(C)C)CC2)[nH]1. The fourth-order valence-electron chi connectivity index (χ4n) is 2.72. The number of hydrogen-bond donors (Lipinski definition) is 2. The molecule has 0 bridgehead atoms. The summed E-state index contributed by atoms with van der Waals surface area (Å²) in [5.41, 5.74) is 7.09. The van der Waals surface area contributed by atoms with E-state index in [-0.39, 0.29) is 6.04 Å². The number of nitrogens with two attached hydrogens (primary N) is 1. The van der Waals surface area contributed by atoms with Crippen LogP contribution < -0.4 is 5.73 Å². The summed E-state index contributed by atoms with van der Waals surface area (Å²) in [6.07, 6.45) is 0. The van der Waals surface area contributed by atoms with Crippen molar-refractivity contribution >= 4 is 15.9 Å². The van der Waals surface area contributed by atoms with Gasteiger partial charge in [0.25, 0.3) is 0 Å². The molecule has 2 heterocycles. The van der Waals surface area contributed by atoms with Crippen LogP contribution in [0.2, 0.25) is 0 Å². The van der Waals surface area contributed by atoms with Crippen molar-refractivity contribution in [1.29, 1.82) is 0 Å². The van der Waals surface area contributed by atoms with E-state index >= 15 is 0 Å². The van der Waals surface area contributed by atoms with Crippen molar-refractivity contribution in [1.82, 2.24) is 19.8 Å². The van der Waals surface area contributed by atoms with Gasteiger partial charge in [0.1, 0.15) is 10.4 Å². The number of aryl methyl sites for hydroxylation is 1. The summed E-state index contributed by atoms with van der Waals surface area (Å²) < 4.78 is 0.895. The number of aromatic nitrogens is 2. The number of rotatable bonds is 4. The van der Waals surface area contributed by atoms with Crippen LogP contribution in [0.3, 0.4) is 0 Å². The number of halogens is 1. The van der Waals surface area contributed by atoms with E-state index in [1.54, 1.807) is 0 Å². The molecule has 3 N–H and O–H groups in total. The van der Waals surface area contributed by atoms with E-state index in [0.717, 1.165) is 42.3 Å². The van der Waals surface area contributed by atoms with Crippen LogP contribution in [0.1, 0.15) is 31.4 Å². The molecule has 1 aromatic heterocycles. The fraction of sp³-hybridized carbons (Fsp3) is 0.769. The van der Waals surface area contributed by atoms with E-state index in [1.165, 1.54) is 0 Å². The number of imidazole rings is 1. The van der Waals surface area contributed by atoms with Gasteiger partial charge in [0.2, 0.25) is 0 Å². The molecule has 0 saturated carbocycles. The number of hydrogen-bond acceptors (Lipinski definition) is 4. The Kier molecular flexibility index (Phi) is 5.00. The molecule has 1 aliphatic heterocycles. The van der Waals surface area contributed by atoms with Gasteiger partial charge in [0.05, 0.1) is 11.7 Å². The molecule has 0 amide bonds. The molecule has 6 heteroatoms. The van der Waals surface area contributed by atoms with Crippen molar-refractivity contribution in [3.63, 3.8) is 0 Å². The van der Waals surface area contributed by atoms with E-state index in [1.807, 2.05) is 6.92 Å². The van der Waals surface area contributed by atoms with E-state index < -0.39 is 0 Å². The zero-order chi connectivity index (χ0) is 14.0. The van der Waals surface area contributed by atoms with Crippen molar-refractivity contribution in [3.05, 3.63) is 16.1 Å². The summed E-state index contributed by atoms with van der Waals surface area (Å²) in [7, 11) is 0. The Hall–Kier alpha value is -0.430. The lowest BCUT2D eigenvalue weighted by atomic mass is 10.1. The molecule has 0 aliphatic carbocycles. The average Bonchev–Trinajstić information content (AvgIpc) is 2.70. The summed E-state index contributed by atoms with van der Waals surface area (Å²) in [6, 6.07) is 0.851. The molecule has 19 heavy (non-hydrogen) atoms. The van der Waals surface area contributed by atoms with Gasteiger partial charge in [-0.2, -0.15) is 0 Å². The summed E-state index contributed by atoms with van der Waals surface area (Å²) in [5.74, 6) is 0.932. The summed E-state index contributed by atoms with van der Waals surface area (Å²) in [4.78, 5) is 12.7. The van der Waals surface area contributed by atoms with Crippen molar-refractivity contribution < 1.29 is 0 Å². The number of nitrogens with zero attached hydrogens (tertiary/aromatic N) is 3. The molecule has 2 rings (SSSR count). The molecule has 5 nitrogen and oxygen atoms in total. The van der Waals surface area contributed by atoms with Gasteiger partial charge in [-0.15, -0.1) is 0 Å². The first kappa shape index (κ1) is 15.0. The first-order valence-corrected chi connectivity index (χ1v) is 7.72. The average molecular weight is 330 g/mol. The van der Waals surface area contributed by atoms with Crippen LogP contribution in [0.25, 0.3) is 0 Å². The van der Waals surface area contributed by atoms with Gasteiger partial charge in [0.15, 0.2) is 0 Å². The highest BCUT2D eigenvalue weighted by atomic mass is 79.9. The maximum Gasteiger partial charge on any atom is 0.129 e. The first-order chi connectivity index (χ1) is 9.02. The minimum Gasteiger partial charge on any atom is -0.344 e. The highest BCUT2D eigenvalue weighted by molar-refractivity contribution is 9.10. The molecular weight excluding hydrogens is 306 g/mol. The van der Waals surface area contributed by atoms with Gasteiger partial charge >= 0.3 is 0 Å². The lowest BCUT2D eigenvalue weighted by molar-refractivity contribution is 0.0788. The third-order valence-corrected chi connectivity index (χ3v) is 4.48. The summed E-state index contributed by atoms with van der Waals surface area (Å²) >= 11 is 3.53. The lowest BCUT2D eigenvalue weighted by Gasteiger charge is -2.40. The highest BCUT2D eigenvalue weighted by Crippen LogP contribution is 2.26. The Bertz CT molecular complexity index is 409. The van der Waals surface area contributed by atoms with E-state index in [4.69, 9.17) is 5.73 Å². The molecule has 1 atom stereocenters. The number of aromatic amines is 1. The molecule has 0 radical (unpaired) electrons.